The summed E-state index contributed by atoms with van der Waals surface area (Å²) in [5.74, 6) is 0.764. The zero-order valence-corrected chi connectivity index (χ0v) is 18.1. The molecule has 1 N–H and O–H groups in total. The molecule has 5 heteroatoms. The number of hydrogen-bond donors (Lipinski definition) is 1. The fraction of sp³-hybridized carbons (Fsp3) is 0.320. The second kappa shape index (κ2) is 7.90. The zero-order chi connectivity index (χ0) is 21.3. The van der Waals surface area contributed by atoms with Crippen molar-refractivity contribution in [2.24, 2.45) is 0 Å². The Bertz CT molecular complexity index is 1010. The third-order valence-electron chi connectivity index (χ3n) is 5.73. The average Bonchev–Trinajstić information content (AvgIpc) is 3.22. The van der Waals surface area contributed by atoms with Crippen molar-refractivity contribution in [3.8, 4) is 5.75 Å². The molecule has 0 spiro atoms. The van der Waals surface area contributed by atoms with Crippen molar-refractivity contribution in [2.45, 2.75) is 38.8 Å². The number of carbonyl (C=O) groups excluding carboxylic acids is 1. The van der Waals surface area contributed by atoms with Gasteiger partial charge in [0.1, 0.15) is 5.75 Å². The minimum absolute atomic E-state index is 0.0940. The van der Waals surface area contributed by atoms with Crippen LogP contribution in [0.3, 0.4) is 0 Å². The average molecular weight is 404 g/mol. The van der Waals surface area contributed by atoms with Gasteiger partial charge in [-0.15, -0.1) is 0 Å². The van der Waals surface area contributed by atoms with Crippen molar-refractivity contribution in [1.82, 2.24) is 9.47 Å². The number of fused-ring (bicyclic) bond motifs is 1. The smallest absolute Gasteiger partial charge is 0.322 e. The summed E-state index contributed by atoms with van der Waals surface area (Å²) in [4.78, 5) is 15.2. The molecule has 2 aromatic carbocycles. The summed E-state index contributed by atoms with van der Waals surface area (Å²) in [5, 5.41) is 3.04. The molecule has 4 rings (SSSR count). The van der Waals surface area contributed by atoms with Crippen LogP contribution in [-0.4, -0.2) is 29.2 Å². The van der Waals surface area contributed by atoms with Crippen LogP contribution in [0.2, 0.25) is 0 Å². The number of amides is 2. The van der Waals surface area contributed by atoms with E-state index in [9.17, 15) is 4.79 Å². The van der Waals surface area contributed by atoms with Crippen molar-refractivity contribution in [3.63, 3.8) is 0 Å². The van der Waals surface area contributed by atoms with E-state index in [0.29, 0.717) is 6.54 Å². The predicted octanol–water partition coefficient (Wildman–Crippen LogP) is 5.43. The minimum atomic E-state index is -0.124. The van der Waals surface area contributed by atoms with Crippen LogP contribution in [-0.2, 0) is 12.0 Å². The monoisotopic (exact) mass is 403 g/mol. The largest absolute Gasteiger partial charge is 0.497 e. The molecule has 3 aromatic rings. The number of hydrogen-bond acceptors (Lipinski definition) is 2. The quantitative estimate of drug-likeness (QED) is 0.634. The number of urea groups is 1. The summed E-state index contributed by atoms with van der Waals surface area (Å²) in [6, 6.07) is 20.0. The number of nitrogens with one attached hydrogen (secondary N) is 1. The Balaban J connectivity index is 1.63. The highest BCUT2D eigenvalue weighted by molar-refractivity contribution is 5.90. The summed E-state index contributed by atoms with van der Waals surface area (Å²) in [6.45, 7) is 8.07. The third kappa shape index (κ3) is 3.92. The van der Waals surface area contributed by atoms with Crippen molar-refractivity contribution >= 4 is 11.7 Å². The number of benzene rings is 2. The molecule has 5 nitrogen and oxygen atoms in total. The maximum atomic E-state index is 13.2. The van der Waals surface area contributed by atoms with Gasteiger partial charge in [0.2, 0.25) is 0 Å². The van der Waals surface area contributed by atoms with Gasteiger partial charge in [0.05, 0.1) is 13.2 Å². The topological polar surface area (TPSA) is 46.5 Å². The molecule has 1 aromatic heterocycles. The van der Waals surface area contributed by atoms with Crippen LogP contribution in [0.5, 0.6) is 5.75 Å². The SMILES string of the molecule is COc1ccc(NC(=O)N2CCn3cccc3[C@H]2c2ccc(C(C)(C)C)cc2)cc1. The van der Waals surface area contributed by atoms with E-state index in [0.717, 1.165) is 29.2 Å². The van der Waals surface area contributed by atoms with E-state index in [1.165, 1.54) is 5.56 Å². The number of nitrogens with zero attached hydrogens (tertiary/aromatic N) is 2. The van der Waals surface area contributed by atoms with Gasteiger partial charge in [0.25, 0.3) is 0 Å². The first-order valence-corrected chi connectivity index (χ1v) is 10.3. The van der Waals surface area contributed by atoms with Crippen LogP contribution in [0, 0.1) is 0 Å². The van der Waals surface area contributed by atoms with Crippen molar-refractivity contribution < 1.29 is 9.53 Å². The molecule has 0 radical (unpaired) electrons. The molecule has 0 saturated heterocycles. The summed E-state index contributed by atoms with van der Waals surface area (Å²) in [6.07, 6.45) is 2.09. The van der Waals surface area contributed by atoms with E-state index in [2.05, 4.69) is 73.3 Å². The highest BCUT2D eigenvalue weighted by Crippen LogP contribution is 2.34. The Morgan fingerprint density at radius 3 is 2.33 bits per heavy atom. The molecular formula is C25H29N3O2. The first-order valence-electron chi connectivity index (χ1n) is 10.3. The zero-order valence-electron chi connectivity index (χ0n) is 18.1. The predicted molar refractivity (Wildman–Crippen MR) is 120 cm³/mol. The molecule has 1 atom stereocenters. The Labute approximate surface area is 178 Å². The molecule has 2 heterocycles. The van der Waals surface area contributed by atoms with Crippen LogP contribution in [0.15, 0.2) is 66.9 Å². The fourth-order valence-corrected chi connectivity index (χ4v) is 3.99. The van der Waals surface area contributed by atoms with E-state index in [1.54, 1.807) is 7.11 Å². The van der Waals surface area contributed by atoms with E-state index in [4.69, 9.17) is 4.74 Å². The Hall–Kier alpha value is -3.21. The van der Waals surface area contributed by atoms with Gasteiger partial charge in [-0.25, -0.2) is 4.79 Å². The van der Waals surface area contributed by atoms with Crippen molar-refractivity contribution in [2.75, 3.05) is 19.0 Å². The Morgan fingerprint density at radius 2 is 1.70 bits per heavy atom. The first-order chi connectivity index (χ1) is 14.4. The fourth-order valence-electron chi connectivity index (χ4n) is 3.99. The van der Waals surface area contributed by atoms with Gasteiger partial charge in [-0.1, -0.05) is 45.0 Å². The van der Waals surface area contributed by atoms with Crippen LogP contribution < -0.4 is 10.1 Å². The van der Waals surface area contributed by atoms with Crippen LogP contribution in [0.4, 0.5) is 10.5 Å². The molecule has 1 aliphatic heterocycles. The number of anilines is 1. The first kappa shape index (κ1) is 20.1. The van der Waals surface area contributed by atoms with E-state index in [1.807, 2.05) is 29.2 Å². The molecule has 0 saturated carbocycles. The molecule has 0 bridgehead atoms. The number of aromatic nitrogens is 1. The number of carbonyl (C=O) groups is 1. The molecule has 156 valence electrons. The lowest BCUT2D eigenvalue weighted by atomic mass is 9.86. The molecule has 1 aliphatic rings. The Kier molecular flexibility index (Phi) is 5.29. The summed E-state index contributed by atoms with van der Waals surface area (Å²) in [7, 11) is 1.63. The van der Waals surface area contributed by atoms with Gasteiger partial charge < -0.3 is 19.5 Å². The van der Waals surface area contributed by atoms with Crippen molar-refractivity contribution in [1.29, 1.82) is 0 Å². The second-order valence-corrected chi connectivity index (χ2v) is 8.75. The molecule has 30 heavy (non-hydrogen) atoms. The maximum absolute atomic E-state index is 13.2. The van der Waals surface area contributed by atoms with Gasteiger partial charge in [-0.2, -0.15) is 0 Å². The molecule has 0 aliphatic carbocycles. The molecule has 2 amide bonds. The van der Waals surface area contributed by atoms with Gasteiger partial charge in [0, 0.05) is 30.7 Å². The van der Waals surface area contributed by atoms with Gasteiger partial charge in [0.15, 0.2) is 0 Å². The number of ether oxygens (including phenoxy) is 1. The van der Waals surface area contributed by atoms with Gasteiger partial charge >= 0.3 is 6.03 Å². The summed E-state index contributed by atoms with van der Waals surface area (Å²) in [5.41, 5.74) is 4.38. The Morgan fingerprint density at radius 1 is 1.00 bits per heavy atom. The molecular weight excluding hydrogens is 374 g/mol. The summed E-state index contributed by atoms with van der Waals surface area (Å²) >= 11 is 0. The van der Waals surface area contributed by atoms with Crippen molar-refractivity contribution in [3.05, 3.63) is 83.7 Å². The molecule has 0 fully saturated rings. The highest BCUT2D eigenvalue weighted by atomic mass is 16.5. The maximum Gasteiger partial charge on any atom is 0.322 e. The lowest BCUT2D eigenvalue weighted by Gasteiger charge is -2.37. The third-order valence-corrected chi connectivity index (χ3v) is 5.73. The number of rotatable bonds is 3. The van der Waals surface area contributed by atoms with E-state index >= 15 is 0 Å². The van der Waals surface area contributed by atoms with E-state index in [-0.39, 0.29) is 17.5 Å². The van der Waals surface area contributed by atoms with Crippen LogP contribution in [0.25, 0.3) is 0 Å². The van der Waals surface area contributed by atoms with Crippen LogP contribution >= 0.6 is 0 Å². The highest BCUT2D eigenvalue weighted by Gasteiger charge is 2.32. The lowest BCUT2D eigenvalue weighted by Crippen LogP contribution is -2.44. The van der Waals surface area contributed by atoms with Gasteiger partial charge in [-0.3, -0.25) is 0 Å². The second-order valence-electron chi connectivity index (χ2n) is 8.75. The number of methoxy groups -OCH3 is 1. The lowest BCUT2D eigenvalue weighted by molar-refractivity contribution is 0.182. The van der Waals surface area contributed by atoms with Crippen LogP contribution in [0.1, 0.15) is 43.6 Å². The summed E-state index contributed by atoms with van der Waals surface area (Å²) < 4.78 is 7.44. The van der Waals surface area contributed by atoms with E-state index < -0.39 is 0 Å². The minimum Gasteiger partial charge on any atom is -0.497 e. The van der Waals surface area contributed by atoms with Gasteiger partial charge in [-0.05, 0) is 52.9 Å². The normalized spacial score (nSPS) is 16.1. The molecule has 0 unspecified atom stereocenters. The standard InChI is InChI=1S/C25H29N3O2/c1-25(2,3)19-9-7-18(8-10-19)23-22-6-5-15-27(22)16-17-28(23)24(29)26-20-11-13-21(30-4)14-12-20/h5-15,23H,16-17H2,1-4H3,(H,26,29)/t23-/m1/s1.